The molecule has 0 aliphatic rings. The maximum absolute atomic E-state index is 13.5. The Morgan fingerprint density at radius 1 is 0.944 bits per heavy atom. The smallest absolute Gasteiger partial charge is 0.260 e. The van der Waals surface area contributed by atoms with Gasteiger partial charge in [-0.15, -0.1) is 0 Å². The summed E-state index contributed by atoms with van der Waals surface area (Å²) in [5.41, 5.74) is 3.58. The molecule has 1 unspecified atom stereocenters. The van der Waals surface area contributed by atoms with Gasteiger partial charge in [-0.25, -0.2) is 0 Å². The van der Waals surface area contributed by atoms with Crippen molar-refractivity contribution in [3.63, 3.8) is 0 Å². The molecule has 0 fully saturated rings. The fraction of sp³-hybridized carbons (Fsp3) is 0.400. The van der Waals surface area contributed by atoms with Gasteiger partial charge in [-0.2, -0.15) is 0 Å². The number of aryl methyl sites for hydroxylation is 1. The lowest BCUT2D eigenvalue weighted by atomic mass is 10.1. The topological polar surface area (TPSA) is 54.8 Å². The fourth-order valence-corrected chi connectivity index (χ4v) is 4.17. The lowest BCUT2D eigenvalue weighted by Crippen LogP contribution is -2.47. The molecule has 6 heteroatoms. The normalized spacial score (nSPS) is 11.7. The summed E-state index contributed by atoms with van der Waals surface area (Å²) in [6, 6.07) is 21.8. The lowest BCUT2D eigenvalue weighted by Gasteiger charge is -2.32. The highest BCUT2D eigenvalue weighted by Crippen LogP contribution is 2.17. The molecule has 0 saturated carbocycles. The van der Waals surface area contributed by atoms with E-state index in [-0.39, 0.29) is 31.0 Å². The molecule has 6 nitrogen and oxygen atoms in total. The van der Waals surface area contributed by atoms with E-state index in [1.807, 2.05) is 54.3 Å². The van der Waals surface area contributed by atoms with E-state index < -0.39 is 0 Å². The van der Waals surface area contributed by atoms with Gasteiger partial charge in [0, 0.05) is 31.0 Å². The molecule has 3 aromatic rings. The summed E-state index contributed by atoms with van der Waals surface area (Å²) in [5.74, 6) is 0.417. The number of rotatable bonds is 13. The predicted molar refractivity (Wildman–Crippen MR) is 144 cm³/mol. The number of aromatic nitrogens is 1. The molecule has 0 saturated heterocycles. The van der Waals surface area contributed by atoms with Crippen LogP contribution in [0.5, 0.6) is 5.75 Å². The van der Waals surface area contributed by atoms with Gasteiger partial charge in [-0.3, -0.25) is 9.59 Å². The molecular weight excluding hydrogens is 450 g/mol. The molecule has 1 atom stereocenters. The van der Waals surface area contributed by atoms with E-state index in [1.165, 1.54) is 11.1 Å². The monoisotopic (exact) mass is 489 g/mol. The van der Waals surface area contributed by atoms with Gasteiger partial charge in [0.05, 0.1) is 13.1 Å². The molecule has 0 aliphatic carbocycles. The van der Waals surface area contributed by atoms with Crippen molar-refractivity contribution in [3.8, 4) is 5.75 Å². The van der Waals surface area contributed by atoms with Crippen molar-refractivity contribution in [2.75, 3.05) is 19.7 Å². The van der Waals surface area contributed by atoms with Crippen LogP contribution in [0.1, 0.15) is 50.4 Å². The van der Waals surface area contributed by atoms with Gasteiger partial charge in [0.15, 0.2) is 6.61 Å². The molecule has 192 valence electrons. The number of nitrogens with zero attached hydrogens (tertiary/aromatic N) is 3. The summed E-state index contributed by atoms with van der Waals surface area (Å²) >= 11 is 0. The molecule has 36 heavy (non-hydrogen) atoms. The molecule has 0 N–H and O–H groups in total. The average molecular weight is 490 g/mol. The SMILES string of the molecule is CCCN(CC(=O)N(Cc1cccn1Cc1ccccc1C)C(C)CC)C(=O)COc1ccccc1. The maximum Gasteiger partial charge on any atom is 0.260 e. The number of carbonyl (C=O) groups excluding carboxylic acids is 2. The number of carbonyl (C=O) groups is 2. The lowest BCUT2D eigenvalue weighted by molar-refractivity contribution is -0.143. The Kier molecular flexibility index (Phi) is 10.2. The Morgan fingerprint density at radius 3 is 2.36 bits per heavy atom. The van der Waals surface area contributed by atoms with Crippen molar-refractivity contribution in [1.29, 1.82) is 0 Å². The van der Waals surface area contributed by atoms with Crippen molar-refractivity contribution in [1.82, 2.24) is 14.4 Å². The molecular formula is C30H39N3O3. The molecule has 1 aromatic heterocycles. The summed E-state index contributed by atoms with van der Waals surface area (Å²) in [4.78, 5) is 30.0. The second-order valence-corrected chi connectivity index (χ2v) is 9.25. The minimum absolute atomic E-state index is 0.0468. The molecule has 0 aliphatic heterocycles. The van der Waals surface area contributed by atoms with Crippen LogP contribution in [-0.2, 0) is 22.7 Å². The standard InChI is InChI=1S/C30H39N3O3/c1-5-18-32(30(35)23-36-28-16-8-7-9-17-28)22-29(34)33(25(4)6-2)21-27-15-12-19-31(27)20-26-14-11-10-13-24(26)3/h7-17,19,25H,5-6,18,20-23H2,1-4H3. The third kappa shape index (κ3) is 7.48. The van der Waals surface area contributed by atoms with Crippen LogP contribution in [0.15, 0.2) is 72.9 Å². The Bertz CT molecular complexity index is 1110. The predicted octanol–water partition coefficient (Wildman–Crippen LogP) is 5.29. The zero-order chi connectivity index (χ0) is 25.9. The van der Waals surface area contributed by atoms with E-state index in [2.05, 4.69) is 55.8 Å². The quantitative estimate of drug-likeness (QED) is 0.328. The van der Waals surface area contributed by atoms with Crippen molar-refractivity contribution in [2.24, 2.45) is 0 Å². The van der Waals surface area contributed by atoms with Gasteiger partial charge >= 0.3 is 0 Å². The summed E-state index contributed by atoms with van der Waals surface area (Å²) in [7, 11) is 0. The van der Waals surface area contributed by atoms with E-state index >= 15 is 0 Å². The second kappa shape index (κ2) is 13.5. The zero-order valence-electron chi connectivity index (χ0n) is 22.0. The van der Waals surface area contributed by atoms with Crippen molar-refractivity contribution in [2.45, 2.75) is 59.7 Å². The Hall–Kier alpha value is -3.54. The number of benzene rings is 2. The largest absolute Gasteiger partial charge is 0.484 e. The van der Waals surface area contributed by atoms with Gasteiger partial charge < -0.3 is 19.1 Å². The molecule has 2 aromatic carbocycles. The van der Waals surface area contributed by atoms with Gasteiger partial charge in [-0.05, 0) is 62.1 Å². The van der Waals surface area contributed by atoms with E-state index in [0.29, 0.717) is 18.8 Å². The summed E-state index contributed by atoms with van der Waals surface area (Å²) in [5, 5.41) is 0. The number of para-hydroxylation sites is 1. The second-order valence-electron chi connectivity index (χ2n) is 9.25. The van der Waals surface area contributed by atoms with Crippen molar-refractivity contribution < 1.29 is 14.3 Å². The first-order valence-corrected chi connectivity index (χ1v) is 12.9. The number of ether oxygens (including phenoxy) is 1. The Labute approximate surface area is 215 Å². The van der Waals surface area contributed by atoms with Crippen LogP contribution in [0.25, 0.3) is 0 Å². The fourth-order valence-electron chi connectivity index (χ4n) is 4.17. The Balaban J connectivity index is 1.70. The van der Waals surface area contributed by atoms with E-state index in [9.17, 15) is 9.59 Å². The van der Waals surface area contributed by atoms with Crippen LogP contribution in [0, 0.1) is 6.92 Å². The summed E-state index contributed by atoms with van der Waals surface area (Å²) < 4.78 is 7.86. The zero-order valence-corrected chi connectivity index (χ0v) is 22.0. The highest BCUT2D eigenvalue weighted by molar-refractivity contribution is 5.85. The van der Waals surface area contributed by atoms with Crippen LogP contribution >= 0.6 is 0 Å². The first kappa shape index (κ1) is 27.1. The molecule has 3 rings (SSSR count). The van der Waals surface area contributed by atoms with Gasteiger partial charge in [0.25, 0.3) is 5.91 Å². The minimum atomic E-state index is -0.180. The number of amides is 2. The Morgan fingerprint density at radius 2 is 1.67 bits per heavy atom. The maximum atomic E-state index is 13.5. The van der Waals surface area contributed by atoms with Crippen molar-refractivity contribution in [3.05, 3.63) is 89.7 Å². The molecule has 0 spiro atoms. The molecule has 2 amide bonds. The summed E-state index contributed by atoms with van der Waals surface area (Å²) in [6.45, 7) is 10.0. The van der Waals surface area contributed by atoms with Gasteiger partial charge in [-0.1, -0.05) is 56.3 Å². The first-order chi connectivity index (χ1) is 17.4. The third-order valence-electron chi connectivity index (χ3n) is 6.58. The van der Waals surface area contributed by atoms with Crippen LogP contribution in [0.2, 0.25) is 0 Å². The number of hydrogen-bond donors (Lipinski definition) is 0. The average Bonchev–Trinajstić information content (AvgIpc) is 3.33. The van der Waals surface area contributed by atoms with Crippen LogP contribution in [0.3, 0.4) is 0 Å². The van der Waals surface area contributed by atoms with Gasteiger partial charge in [0.2, 0.25) is 5.91 Å². The third-order valence-corrected chi connectivity index (χ3v) is 6.58. The first-order valence-electron chi connectivity index (χ1n) is 12.9. The molecule has 0 radical (unpaired) electrons. The molecule has 0 bridgehead atoms. The van der Waals surface area contributed by atoms with Crippen LogP contribution in [-0.4, -0.2) is 51.9 Å². The minimum Gasteiger partial charge on any atom is -0.484 e. The van der Waals surface area contributed by atoms with E-state index in [1.54, 1.807) is 4.90 Å². The molecule has 1 heterocycles. The highest BCUT2D eigenvalue weighted by atomic mass is 16.5. The van der Waals surface area contributed by atoms with E-state index in [4.69, 9.17) is 4.74 Å². The van der Waals surface area contributed by atoms with Crippen LogP contribution < -0.4 is 4.74 Å². The van der Waals surface area contributed by atoms with Crippen LogP contribution in [0.4, 0.5) is 0 Å². The van der Waals surface area contributed by atoms with E-state index in [0.717, 1.165) is 25.1 Å². The summed E-state index contributed by atoms with van der Waals surface area (Å²) in [6.07, 6.45) is 3.67. The number of hydrogen-bond acceptors (Lipinski definition) is 3. The van der Waals surface area contributed by atoms with Crippen molar-refractivity contribution >= 4 is 11.8 Å². The highest BCUT2D eigenvalue weighted by Gasteiger charge is 2.25. The van der Waals surface area contributed by atoms with Gasteiger partial charge in [0.1, 0.15) is 5.75 Å².